The number of hydrogen-bond acceptors (Lipinski definition) is 0. The smallest absolute Gasteiger partial charge is 0.0649 e. The lowest BCUT2D eigenvalue weighted by molar-refractivity contribution is 1.60. The molecule has 56 valence electrons. The van der Waals surface area contributed by atoms with Crippen LogP contribution in [-0.4, -0.2) is 5.33 Å². The molecule has 11 heavy (non-hydrogen) atoms. The summed E-state index contributed by atoms with van der Waals surface area (Å²) in [5.74, 6) is 5.95. The van der Waals surface area contributed by atoms with Crippen LogP contribution in [0, 0.1) is 11.8 Å². The largest absolute Gasteiger partial charge is 0.0863 e. The number of benzene rings is 1. The maximum absolute atomic E-state index is 3.37. The summed E-state index contributed by atoms with van der Waals surface area (Å²) >= 11 is 6.61. The second kappa shape index (κ2) is 4.58. The topological polar surface area (TPSA) is 0 Å². The number of rotatable bonds is 0. The molecule has 0 aliphatic rings. The van der Waals surface area contributed by atoms with E-state index in [0.29, 0.717) is 0 Å². The summed E-state index contributed by atoms with van der Waals surface area (Å²) in [6.07, 6.45) is 0. The first kappa shape index (κ1) is 8.83. The van der Waals surface area contributed by atoms with Crippen molar-refractivity contribution in [1.29, 1.82) is 0 Å². The van der Waals surface area contributed by atoms with Crippen LogP contribution < -0.4 is 0 Å². The van der Waals surface area contributed by atoms with Gasteiger partial charge in [-0.05, 0) is 18.2 Å². The van der Waals surface area contributed by atoms with Gasteiger partial charge in [0.05, 0.1) is 5.33 Å². The second-order valence-electron chi connectivity index (χ2n) is 1.95. The van der Waals surface area contributed by atoms with Crippen molar-refractivity contribution >= 4 is 31.9 Å². The molecule has 0 radical (unpaired) electrons. The third-order valence-corrected chi connectivity index (χ3v) is 1.90. The van der Waals surface area contributed by atoms with Crippen molar-refractivity contribution < 1.29 is 0 Å². The van der Waals surface area contributed by atoms with E-state index in [0.717, 1.165) is 15.4 Å². The molecule has 0 heterocycles. The van der Waals surface area contributed by atoms with Crippen molar-refractivity contribution in [3.63, 3.8) is 0 Å². The van der Waals surface area contributed by atoms with Crippen molar-refractivity contribution in [3.8, 4) is 11.8 Å². The Morgan fingerprint density at radius 2 is 2.18 bits per heavy atom. The quantitative estimate of drug-likeness (QED) is 0.503. The lowest BCUT2D eigenvalue weighted by Gasteiger charge is -1.89. The molecule has 0 saturated heterocycles. The first-order valence-corrected chi connectivity index (χ1v) is 5.05. The van der Waals surface area contributed by atoms with Gasteiger partial charge in [0, 0.05) is 10.0 Å². The van der Waals surface area contributed by atoms with Crippen molar-refractivity contribution in [3.05, 3.63) is 34.3 Å². The monoisotopic (exact) mass is 272 g/mol. The SMILES string of the molecule is BrCC#Cc1cccc(Br)c1. The number of alkyl halides is 1. The van der Waals surface area contributed by atoms with E-state index in [-0.39, 0.29) is 0 Å². The van der Waals surface area contributed by atoms with E-state index in [1.165, 1.54) is 0 Å². The molecule has 0 spiro atoms. The minimum atomic E-state index is 0.722. The Morgan fingerprint density at radius 1 is 1.36 bits per heavy atom. The zero-order valence-electron chi connectivity index (χ0n) is 5.77. The molecular weight excluding hydrogens is 268 g/mol. The van der Waals surface area contributed by atoms with Crippen LogP contribution in [0.2, 0.25) is 0 Å². The standard InChI is InChI=1S/C9H6Br2/c10-6-2-4-8-3-1-5-9(11)7-8/h1,3,5,7H,6H2. The molecule has 0 saturated carbocycles. The normalized spacial score (nSPS) is 8.55. The van der Waals surface area contributed by atoms with Gasteiger partial charge >= 0.3 is 0 Å². The number of halogens is 2. The van der Waals surface area contributed by atoms with Crippen LogP contribution in [-0.2, 0) is 0 Å². The summed E-state index contributed by atoms with van der Waals surface area (Å²) in [5, 5.41) is 0.722. The van der Waals surface area contributed by atoms with Crippen LogP contribution in [0.5, 0.6) is 0 Å². The van der Waals surface area contributed by atoms with Crippen LogP contribution in [0.4, 0.5) is 0 Å². The molecular formula is C9H6Br2. The Labute approximate surface area is 83.3 Å². The van der Waals surface area contributed by atoms with E-state index in [2.05, 4.69) is 43.7 Å². The molecule has 0 bridgehead atoms. The molecule has 1 rings (SSSR count). The van der Waals surface area contributed by atoms with Crippen LogP contribution in [0.25, 0.3) is 0 Å². The first-order chi connectivity index (χ1) is 5.33. The lowest BCUT2D eigenvalue weighted by atomic mass is 10.2. The summed E-state index contributed by atoms with van der Waals surface area (Å²) < 4.78 is 1.07. The minimum Gasteiger partial charge on any atom is -0.0863 e. The molecule has 0 aliphatic heterocycles. The fourth-order valence-electron chi connectivity index (χ4n) is 0.702. The second-order valence-corrected chi connectivity index (χ2v) is 3.42. The third-order valence-electron chi connectivity index (χ3n) is 1.12. The van der Waals surface area contributed by atoms with E-state index in [1.54, 1.807) is 0 Å². The lowest BCUT2D eigenvalue weighted by Crippen LogP contribution is -1.72. The van der Waals surface area contributed by atoms with Crippen molar-refractivity contribution in [2.75, 3.05) is 5.33 Å². The average Bonchev–Trinajstić information content (AvgIpc) is 2.01. The molecule has 0 amide bonds. The minimum absolute atomic E-state index is 0.722. The highest BCUT2D eigenvalue weighted by Crippen LogP contribution is 2.10. The van der Waals surface area contributed by atoms with Gasteiger partial charge in [-0.3, -0.25) is 0 Å². The van der Waals surface area contributed by atoms with E-state index in [1.807, 2.05) is 24.3 Å². The molecule has 0 aliphatic carbocycles. The summed E-state index contributed by atoms with van der Waals surface area (Å²) in [6, 6.07) is 7.94. The molecule has 0 atom stereocenters. The van der Waals surface area contributed by atoms with Crippen LogP contribution >= 0.6 is 31.9 Å². The van der Waals surface area contributed by atoms with Gasteiger partial charge < -0.3 is 0 Å². The summed E-state index contributed by atoms with van der Waals surface area (Å²) in [6.45, 7) is 0. The summed E-state index contributed by atoms with van der Waals surface area (Å²) in [4.78, 5) is 0. The predicted molar refractivity (Wildman–Crippen MR) is 54.8 cm³/mol. The maximum Gasteiger partial charge on any atom is 0.0649 e. The maximum atomic E-state index is 3.37. The Hall–Kier alpha value is -0.260. The Balaban J connectivity index is 2.87. The molecule has 0 nitrogen and oxygen atoms in total. The highest BCUT2D eigenvalue weighted by Gasteiger charge is 1.86. The van der Waals surface area contributed by atoms with Gasteiger partial charge in [-0.2, -0.15) is 0 Å². The molecule has 0 unspecified atom stereocenters. The van der Waals surface area contributed by atoms with E-state index >= 15 is 0 Å². The molecule has 1 aromatic carbocycles. The predicted octanol–water partition coefficient (Wildman–Crippen LogP) is 3.20. The molecule has 0 fully saturated rings. The van der Waals surface area contributed by atoms with Gasteiger partial charge in [-0.1, -0.05) is 49.8 Å². The fourth-order valence-corrected chi connectivity index (χ4v) is 1.24. The van der Waals surface area contributed by atoms with Crippen LogP contribution in [0.1, 0.15) is 5.56 Å². The van der Waals surface area contributed by atoms with Crippen molar-refractivity contribution in [1.82, 2.24) is 0 Å². The number of hydrogen-bond donors (Lipinski definition) is 0. The van der Waals surface area contributed by atoms with E-state index in [4.69, 9.17) is 0 Å². The highest BCUT2D eigenvalue weighted by molar-refractivity contribution is 9.10. The Kier molecular flexibility index (Phi) is 3.68. The molecule has 0 aromatic heterocycles. The first-order valence-electron chi connectivity index (χ1n) is 3.13. The van der Waals surface area contributed by atoms with Crippen LogP contribution in [0.3, 0.4) is 0 Å². The van der Waals surface area contributed by atoms with Crippen molar-refractivity contribution in [2.45, 2.75) is 0 Å². The van der Waals surface area contributed by atoms with Gasteiger partial charge in [0.25, 0.3) is 0 Å². The van der Waals surface area contributed by atoms with E-state index < -0.39 is 0 Å². The zero-order chi connectivity index (χ0) is 8.10. The fraction of sp³-hybridized carbons (Fsp3) is 0.111. The van der Waals surface area contributed by atoms with Gasteiger partial charge in [-0.15, -0.1) is 0 Å². The van der Waals surface area contributed by atoms with Crippen molar-refractivity contribution in [2.24, 2.45) is 0 Å². The Bertz CT molecular complexity index is 294. The van der Waals surface area contributed by atoms with Gasteiger partial charge in [0.2, 0.25) is 0 Å². The summed E-state index contributed by atoms with van der Waals surface area (Å²) in [5.41, 5.74) is 1.04. The van der Waals surface area contributed by atoms with Crippen LogP contribution in [0.15, 0.2) is 28.7 Å². The highest BCUT2D eigenvalue weighted by atomic mass is 79.9. The third kappa shape index (κ3) is 3.09. The van der Waals surface area contributed by atoms with Gasteiger partial charge in [0.1, 0.15) is 0 Å². The van der Waals surface area contributed by atoms with E-state index in [9.17, 15) is 0 Å². The summed E-state index contributed by atoms with van der Waals surface area (Å²) in [7, 11) is 0. The molecule has 2 heteroatoms. The average molecular weight is 274 g/mol. The van der Waals surface area contributed by atoms with Gasteiger partial charge in [-0.25, -0.2) is 0 Å². The molecule has 0 N–H and O–H groups in total. The Morgan fingerprint density at radius 3 is 2.82 bits per heavy atom. The molecule has 1 aromatic rings. The zero-order valence-corrected chi connectivity index (χ0v) is 8.94. The van der Waals surface area contributed by atoms with Gasteiger partial charge in [0.15, 0.2) is 0 Å².